The molecule has 2 heterocycles. The molecule has 0 unspecified atom stereocenters. The molecule has 7 aromatic rings. The standard InChI is InChI=1S/C59H47N3S.C2H6.C2H4/c1-4-19-57-53(5-2)61(48-26-14-6-7-15-27-48)55-34-32-47(39-58(55)63-57)46-31-33-54-51(38-46)59-50-29-17-16-22-43(50)30-35-56(59)62(54)49-28-18-25-45(37-49)41(3)36-52(44-23-12-9-13-24-44)60-40-42-20-10-8-11-21-42;2*1-2/h4-5,8,10-12,14,16-39H,2,6,9,13,40H2,1,3H3;1-2H3;1-2H2/b19-4-,41-36+,60-52?;;. The Balaban J connectivity index is 0.00000148. The molecule has 0 N–H and O–H groups in total. The molecule has 6 aromatic carbocycles. The van der Waals surface area contributed by atoms with Gasteiger partial charge in [0.2, 0.25) is 0 Å². The lowest BCUT2D eigenvalue weighted by atomic mass is 9.98. The van der Waals surface area contributed by atoms with Crippen molar-refractivity contribution in [2.45, 2.75) is 58.4 Å². The van der Waals surface area contributed by atoms with Crippen molar-refractivity contribution in [2.24, 2.45) is 4.99 Å². The summed E-state index contributed by atoms with van der Waals surface area (Å²) in [7, 11) is 0. The zero-order chi connectivity index (χ0) is 46.7. The van der Waals surface area contributed by atoms with E-state index in [1.165, 1.54) is 70.9 Å². The van der Waals surface area contributed by atoms with E-state index in [-0.39, 0.29) is 0 Å². The Morgan fingerprint density at radius 1 is 0.791 bits per heavy atom. The first-order valence-electron chi connectivity index (χ1n) is 23.3. The van der Waals surface area contributed by atoms with E-state index >= 15 is 0 Å². The van der Waals surface area contributed by atoms with Crippen molar-refractivity contribution >= 4 is 61.3 Å². The van der Waals surface area contributed by atoms with Crippen molar-refractivity contribution in [1.82, 2.24) is 4.57 Å². The number of allylic oxidation sites excluding steroid dienone is 12. The van der Waals surface area contributed by atoms with Gasteiger partial charge in [0.1, 0.15) is 0 Å². The third-order valence-corrected chi connectivity index (χ3v) is 13.1. The molecule has 3 aliphatic rings. The van der Waals surface area contributed by atoms with Gasteiger partial charge in [0.15, 0.2) is 0 Å². The summed E-state index contributed by atoms with van der Waals surface area (Å²) in [6.07, 6.45) is 24.4. The first-order valence-corrected chi connectivity index (χ1v) is 24.1. The maximum atomic E-state index is 5.16. The summed E-state index contributed by atoms with van der Waals surface area (Å²) in [5.41, 5.74) is 14.8. The van der Waals surface area contributed by atoms with Crippen LogP contribution in [0.1, 0.15) is 58.1 Å². The van der Waals surface area contributed by atoms with E-state index in [0.717, 1.165) is 52.6 Å². The van der Waals surface area contributed by atoms with Gasteiger partial charge in [-0.1, -0.05) is 165 Å². The molecule has 3 nitrogen and oxygen atoms in total. The summed E-state index contributed by atoms with van der Waals surface area (Å²) in [5.74, 6) is 6.45. The lowest BCUT2D eigenvalue weighted by Crippen LogP contribution is -2.23. The predicted octanol–water partition coefficient (Wildman–Crippen LogP) is 17.5. The van der Waals surface area contributed by atoms with Crippen molar-refractivity contribution in [3.63, 3.8) is 0 Å². The zero-order valence-corrected chi connectivity index (χ0v) is 39.9. The maximum Gasteiger partial charge on any atom is 0.0650 e. The van der Waals surface area contributed by atoms with Crippen LogP contribution in [-0.4, -0.2) is 10.3 Å². The van der Waals surface area contributed by atoms with Crippen LogP contribution in [0.3, 0.4) is 0 Å². The van der Waals surface area contributed by atoms with Gasteiger partial charge in [-0.3, -0.25) is 4.99 Å². The third kappa shape index (κ3) is 9.57. The van der Waals surface area contributed by atoms with Crippen LogP contribution in [0, 0.1) is 11.8 Å². The van der Waals surface area contributed by atoms with E-state index in [9.17, 15) is 0 Å². The molecular formula is C63H57N3S. The number of hydrogen-bond acceptors (Lipinski definition) is 3. The van der Waals surface area contributed by atoms with E-state index in [2.05, 4.69) is 231 Å². The molecule has 0 bridgehead atoms. The fourth-order valence-corrected chi connectivity index (χ4v) is 10.1. The van der Waals surface area contributed by atoms with Gasteiger partial charge in [-0.2, -0.15) is 0 Å². The molecule has 0 radical (unpaired) electrons. The molecule has 67 heavy (non-hydrogen) atoms. The van der Waals surface area contributed by atoms with Crippen molar-refractivity contribution < 1.29 is 0 Å². The summed E-state index contributed by atoms with van der Waals surface area (Å²) < 4.78 is 2.44. The average Bonchev–Trinajstić information content (AvgIpc) is 3.49. The van der Waals surface area contributed by atoms with Gasteiger partial charge >= 0.3 is 0 Å². The van der Waals surface area contributed by atoms with Crippen LogP contribution in [-0.2, 0) is 6.54 Å². The Morgan fingerprint density at radius 3 is 2.39 bits per heavy atom. The number of hydrogen-bond donors (Lipinski definition) is 0. The van der Waals surface area contributed by atoms with Crippen LogP contribution in [0.5, 0.6) is 0 Å². The van der Waals surface area contributed by atoms with E-state index in [1.807, 2.05) is 26.0 Å². The summed E-state index contributed by atoms with van der Waals surface area (Å²) in [4.78, 5) is 9.80. The molecule has 0 saturated carbocycles. The lowest BCUT2D eigenvalue weighted by molar-refractivity contribution is 1.02. The summed E-state index contributed by atoms with van der Waals surface area (Å²) >= 11 is 1.79. The first kappa shape index (κ1) is 46.0. The maximum absolute atomic E-state index is 5.16. The third-order valence-electron chi connectivity index (χ3n) is 12.0. The Hall–Kier alpha value is -7.58. The summed E-state index contributed by atoms with van der Waals surface area (Å²) in [6, 6.07) is 46.6. The van der Waals surface area contributed by atoms with Gasteiger partial charge in [0.25, 0.3) is 0 Å². The fraction of sp³-hybridized carbons (Fsp3) is 0.127. The molecular weight excluding hydrogens is 831 g/mol. The molecule has 1 aliphatic heterocycles. The highest BCUT2D eigenvalue weighted by molar-refractivity contribution is 8.03. The highest BCUT2D eigenvalue weighted by Gasteiger charge is 2.26. The SMILES string of the molecule is C=C.C=CC1=C(/C=C\C)Sc2cc(-c3ccc4c(c3)c3c5ccccc5ccc3n4-c3cccc(/C(C)=C/C(=NCc4ccccc4)C4=CCCC=C4)c3)ccc2N1C1=CC#CCC=C1.CC. The fourth-order valence-electron chi connectivity index (χ4n) is 8.93. The molecule has 0 spiro atoms. The minimum atomic E-state index is 0.640. The number of aliphatic imine (C=N–C) groups is 1. The molecule has 1 aromatic heterocycles. The van der Waals surface area contributed by atoms with Gasteiger partial charge in [0.05, 0.1) is 40.4 Å². The van der Waals surface area contributed by atoms with Crippen LogP contribution in [0.4, 0.5) is 5.69 Å². The number of anilines is 1. The van der Waals surface area contributed by atoms with Crippen molar-refractivity contribution in [2.75, 3.05) is 4.90 Å². The van der Waals surface area contributed by atoms with Gasteiger partial charge in [-0.25, -0.2) is 0 Å². The molecule has 0 saturated heterocycles. The minimum Gasteiger partial charge on any atom is -0.309 e. The van der Waals surface area contributed by atoms with E-state index < -0.39 is 0 Å². The smallest absolute Gasteiger partial charge is 0.0650 e. The molecule has 2 aliphatic carbocycles. The second-order valence-electron chi connectivity index (χ2n) is 16.0. The summed E-state index contributed by atoms with van der Waals surface area (Å²) in [6.45, 7) is 19.1. The van der Waals surface area contributed by atoms with Crippen LogP contribution in [0.25, 0.3) is 55.0 Å². The second-order valence-corrected chi connectivity index (χ2v) is 17.1. The largest absolute Gasteiger partial charge is 0.309 e. The second kappa shape index (κ2) is 21.6. The number of aromatic nitrogens is 1. The lowest BCUT2D eigenvalue weighted by Gasteiger charge is -2.34. The Kier molecular flexibility index (Phi) is 14.8. The van der Waals surface area contributed by atoms with Crippen LogP contribution in [0.2, 0.25) is 0 Å². The molecule has 330 valence electrons. The highest BCUT2D eigenvalue weighted by atomic mass is 32.2. The highest BCUT2D eigenvalue weighted by Crippen LogP contribution is 2.48. The Bertz CT molecular complexity index is 3310. The van der Waals surface area contributed by atoms with E-state index in [1.54, 1.807) is 11.8 Å². The number of nitrogens with zero attached hydrogens (tertiary/aromatic N) is 3. The van der Waals surface area contributed by atoms with Crippen molar-refractivity contribution in [1.29, 1.82) is 0 Å². The first-order chi connectivity index (χ1) is 33.1. The predicted molar refractivity (Wildman–Crippen MR) is 294 cm³/mol. The molecule has 10 rings (SSSR count). The Morgan fingerprint density at radius 2 is 1.58 bits per heavy atom. The molecule has 0 atom stereocenters. The van der Waals surface area contributed by atoms with Crippen LogP contribution < -0.4 is 4.90 Å². The quantitative estimate of drug-likeness (QED) is 0.0775. The monoisotopic (exact) mass is 887 g/mol. The van der Waals surface area contributed by atoms with E-state index in [4.69, 9.17) is 4.99 Å². The topological polar surface area (TPSA) is 20.5 Å². The van der Waals surface area contributed by atoms with Crippen LogP contribution >= 0.6 is 11.8 Å². The minimum absolute atomic E-state index is 0.640. The molecule has 4 heteroatoms. The molecule has 0 fully saturated rings. The zero-order valence-electron chi connectivity index (χ0n) is 39.1. The molecule has 0 amide bonds. The number of benzene rings is 6. The Labute approximate surface area is 401 Å². The number of thioether (sulfide) groups is 1. The number of fused-ring (bicyclic) bond motifs is 6. The van der Waals surface area contributed by atoms with E-state index in [0.29, 0.717) is 6.54 Å². The van der Waals surface area contributed by atoms with Gasteiger partial charge in [-0.05, 0) is 132 Å². The van der Waals surface area contributed by atoms with Gasteiger partial charge < -0.3 is 9.47 Å². The summed E-state index contributed by atoms with van der Waals surface area (Å²) in [5, 5.41) is 4.97. The van der Waals surface area contributed by atoms with Crippen molar-refractivity contribution in [3.8, 4) is 28.7 Å². The van der Waals surface area contributed by atoms with Crippen molar-refractivity contribution in [3.05, 3.63) is 241 Å². The van der Waals surface area contributed by atoms with Gasteiger partial charge in [-0.15, -0.1) is 13.2 Å². The van der Waals surface area contributed by atoms with Crippen LogP contribution in [0.15, 0.2) is 240 Å². The average molecular weight is 888 g/mol. The van der Waals surface area contributed by atoms with Gasteiger partial charge in [0, 0.05) is 38.8 Å². The number of rotatable bonds is 10. The normalized spacial score (nSPS) is 14.7.